The molecule has 0 saturated heterocycles. The van der Waals surface area contributed by atoms with Gasteiger partial charge < -0.3 is 38.8 Å². The number of hydrogen-bond acceptors (Lipinski definition) is 8. The van der Waals surface area contributed by atoms with Crippen LogP contribution in [0.2, 0.25) is 0 Å². The van der Waals surface area contributed by atoms with Gasteiger partial charge in [-0.3, -0.25) is 35.7 Å². The topological polar surface area (TPSA) is 254 Å². The van der Waals surface area contributed by atoms with Gasteiger partial charge in [-0.05, 0) is 12.8 Å². The molecule has 0 aliphatic carbocycles. The maximum Gasteiger partial charge on any atom is 3.00 e. The summed E-state index contributed by atoms with van der Waals surface area (Å²) in [6.45, 7) is 4.75. The Balaban J connectivity index is -0.0000000662. The zero-order valence-electron chi connectivity index (χ0n) is 28.1. The van der Waals surface area contributed by atoms with Gasteiger partial charge in [-0.2, -0.15) is 0 Å². The predicted octanol–water partition coefficient (Wildman–Crippen LogP) is 1.11. The summed E-state index contributed by atoms with van der Waals surface area (Å²) >= 11 is 0. The standard InChI is InChI=1S/C27H50N.2Al.ClH.4O2Si.H2O.3O/c1-4-5-6-7-8-9-10-11-12-13-14-15-16-17-18-22-25-28(2,3)26-27-23-20-19-21-24-27;;;;4*1-3-2;;;;/h19-21,23-24H,4-18,22,25-26H2,1-3H3;;;1H;;;;;1H2;;;/q+1;2*+3;;;;;;;3*-2/p-1. The smallest absolute Gasteiger partial charge is 2.00 e. The molecule has 1 aromatic carbocycles. The zero-order chi connectivity index (χ0) is 31.2. The first-order valence-electron chi connectivity index (χ1n) is 14.1. The van der Waals surface area contributed by atoms with E-state index in [0.717, 1.165) is 11.0 Å². The van der Waals surface area contributed by atoms with Crippen LogP contribution in [-0.4, -0.2) is 102 Å². The molecule has 0 amide bonds. The van der Waals surface area contributed by atoms with Gasteiger partial charge in [-0.1, -0.05) is 127 Å². The fourth-order valence-electron chi connectivity index (χ4n) is 4.24. The molecule has 0 aliphatic rings. The SMILES string of the molecule is CCCCCCCCCCCCCCCCCC[N+](C)(C)Cc1ccccc1.O.O=[Si]=O.O=[Si]=O.O=[Si]=O.O=[Si]=O.[Al+3].[Al+3].[Cl-].[O-2].[O-2].[O-2]. The quantitative estimate of drug-likeness (QED) is 0.111. The van der Waals surface area contributed by atoms with Crippen molar-refractivity contribution in [2.24, 2.45) is 0 Å². The van der Waals surface area contributed by atoms with Crippen LogP contribution in [-0.2, 0) is 58.7 Å². The average Bonchev–Trinajstić information content (AvgIpc) is 2.90. The van der Waals surface area contributed by atoms with Crippen LogP contribution in [0.5, 0.6) is 0 Å². The number of halogens is 1. The molecule has 0 saturated carbocycles. The van der Waals surface area contributed by atoms with Gasteiger partial charge in [-0.25, -0.2) is 0 Å². The zero-order valence-corrected chi connectivity index (χ0v) is 35.2. The van der Waals surface area contributed by atoms with E-state index in [1.165, 1.54) is 115 Å². The van der Waals surface area contributed by atoms with Gasteiger partial charge in [0, 0.05) is 5.56 Å². The molecule has 0 spiro atoms. The minimum atomic E-state index is -1.42. The molecule has 0 aromatic heterocycles. The molecule has 2 N–H and O–H groups in total. The van der Waals surface area contributed by atoms with Crippen molar-refractivity contribution < 1.29 is 74.5 Å². The third-order valence-electron chi connectivity index (χ3n) is 6.07. The molecule has 20 heteroatoms. The Morgan fingerprint density at radius 1 is 0.489 bits per heavy atom. The monoisotopic (exact) mass is 783 g/mol. The van der Waals surface area contributed by atoms with Crippen LogP contribution < -0.4 is 12.4 Å². The van der Waals surface area contributed by atoms with Crippen molar-refractivity contribution in [2.45, 2.75) is 116 Å². The van der Waals surface area contributed by atoms with Gasteiger partial charge in [0.05, 0.1) is 20.6 Å². The molecule has 0 aliphatic heterocycles. The molecular weight excluding hydrogens is 732 g/mol. The molecule has 0 unspecified atom stereocenters. The number of rotatable bonds is 19. The first-order valence-corrected chi connectivity index (χ1v) is 17.4. The van der Waals surface area contributed by atoms with E-state index in [1.807, 2.05) is 0 Å². The maximum atomic E-state index is 8.40. The third kappa shape index (κ3) is 86.8. The van der Waals surface area contributed by atoms with E-state index in [1.54, 1.807) is 0 Å². The summed E-state index contributed by atoms with van der Waals surface area (Å²) in [6.07, 6.45) is 23.2. The maximum absolute atomic E-state index is 8.40. The van der Waals surface area contributed by atoms with E-state index in [0.29, 0.717) is 0 Å². The van der Waals surface area contributed by atoms with Gasteiger partial charge in [0.25, 0.3) is 0 Å². The largest absolute Gasteiger partial charge is 3.00 e. The minimum absolute atomic E-state index is 0. The van der Waals surface area contributed by atoms with E-state index < -0.39 is 37.2 Å². The molecule has 47 heavy (non-hydrogen) atoms. The first kappa shape index (κ1) is 76.5. The molecule has 1 rings (SSSR count). The van der Waals surface area contributed by atoms with Crippen LogP contribution in [0.1, 0.15) is 115 Å². The molecule has 0 heterocycles. The summed E-state index contributed by atoms with van der Waals surface area (Å²) in [7, 11) is -0.920. The molecule has 0 radical (unpaired) electrons. The number of hydrogen-bond donors (Lipinski definition) is 0. The number of quaternary nitrogens is 1. The third-order valence-corrected chi connectivity index (χ3v) is 6.07. The van der Waals surface area contributed by atoms with Crippen molar-refractivity contribution in [2.75, 3.05) is 20.6 Å². The molecule has 0 fully saturated rings. The molecule has 1 aromatic rings. The van der Waals surface area contributed by atoms with Crippen LogP contribution in [0.4, 0.5) is 0 Å². The Labute approximate surface area is 317 Å². The van der Waals surface area contributed by atoms with Crippen LogP contribution in [0, 0.1) is 0 Å². The molecule has 0 bridgehead atoms. The summed E-state index contributed by atoms with van der Waals surface area (Å²) in [5, 5.41) is 0. The second kappa shape index (κ2) is 71.6. The van der Waals surface area contributed by atoms with Gasteiger partial charge in [-0.15, -0.1) is 0 Å². The summed E-state index contributed by atoms with van der Waals surface area (Å²) < 4.78 is 68.3. The van der Waals surface area contributed by atoms with Gasteiger partial charge in [0.15, 0.2) is 0 Å². The van der Waals surface area contributed by atoms with E-state index >= 15 is 0 Å². The van der Waals surface area contributed by atoms with Gasteiger partial charge in [0.2, 0.25) is 0 Å². The second-order valence-corrected chi connectivity index (χ2v) is 10.6. The van der Waals surface area contributed by atoms with E-state index in [9.17, 15) is 0 Å². The Bertz CT molecular complexity index is 768. The Hall–Kier alpha value is -0.358. The molecular formula is C27H52Al2ClNO12Si4. The van der Waals surface area contributed by atoms with Crippen LogP contribution in [0.15, 0.2) is 30.3 Å². The average molecular weight is 784 g/mol. The normalized spacial score (nSPS) is 7.72. The fourth-order valence-corrected chi connectivity index (χ4v) is 4.24. The summed E-state index contributed by atoms with van der Waals surface area (Å²) in [6, 6.07) is 10.9. The van der Waals surface area contributed by atoms with Crippen LogP contribution in [0.25, 0.3) is 0 Å². The summed E-state index contributed by atoms with van der Waals surface area (Å²) in [5.74, 6) is 0. The summed E-state index contributed by atoms with van der Waals surface area (Å²) in [5.41, 5.74) is 1.46. The first-order chi connectivity index (χ1) is 19.3. The Kier molecular flexibility index (Phi) is 117. The fraction of sp³-hybridized carbons (Fsp3) is 0.778. The van der Waals surface area contributed by atoms with E-state index in [-0.39, 0.29) is 69.0 Å². The molecule has 0 atom stereocenters. The van der Waals surface area contributed by atoms with Crippen molar-refractivity contribution in [3.8, 4) is 0 Å². The Morgan fingerprint density at radius 3 is 0.979 bits per heavy atom. The van der Waals surface area contributed by atoms with Crippen molar-refractivity contribution in [1.82, 2.24) is 0 Å². The molecule has 13 nitrogen and oxygen atoms in total. The van der Waals surface area contributed by atoms with Gasteiger partial charge >= 0.3 is 71.9 Å². The van der Waals surface area contributed by atoms with Crippen LogP contribution in [0.3, 0.4) is 0 Å². The number of benzene rings is 1. The van der Waals surface area contributed by atoms with E-state index in [2.05, 4.69) is 51.4 Å². The van der Waals surface area contributed by atoms with Crippen molar-refractivity contribution in [1.29, 1.82) is 0 Å². The number of unbranched alkanes of at least 4 members (excludes halogenated alkanes) is 15. The van der Waals surface area contributed by atoms with E-state index in [4.69, 9.17) is 35.7 Å². The minimum Gasteiger partial charge on any atom is -2.00 e. The summed E-state index contributed by atoms with van der Waals surface area (Å²) in [4.78, 5) is 0. The molecule has 266 valence electrons. The number of nitrogens with zero attached hydrogens (tertiary/aromatic N) is 1. The van der Waals surface area contributed by atoms with Crippen molar-refractivity contribution in [3.63, 3.8) is 0 Å². The van der Waals surface area contributed by atoms with Gasteiger partial charge in [0.1, 0.15) is 6.54 Å². The van der Waals surface area contributed by atoms with Crippen molar-refractivity contribution >= 4 is 71.9 Å². The predicted molar refractivity (Wildman–Crippen MR) is 172 cm³/mol. The second-order valence-electron chi connectivity index (χ2n) is 9.94. The Morgan fingerprint density at radius 2 is 0.723 bits per heavy atom. The van der Waals surface area contributed by atoms with Crippen LogP contribution >= 0.6 is 0 Å². The van der Waals surface area contributed by atoms with Crippen molar-refractivity contribution in [3.05, 3.63) is 35.9 Å².